The summed E-state index contributed by atoms with van der Waals surface area (Å²) in [6, 6.07) is 19.2. The first kappa shape index (κ1) is 18.4. The van der Waals surface area contributed by atoms with Crippen LogP contribution in [0.1, 0.15) is 27.8 Å². The van der Waals surface area contributed by atoms with E-state index in [1.165, 1.54) is 12.1 Å². The van der Waals surface area contributed by atoms with Gasteiger partial charge in [0.2, 0.25) is 0 Å². The quantitative estimate of drug-likeness (QED) is 0.368. The van der Waals surface area contributed by atoms with Crippen molar-refractivity contribution in [1.29, 1.82) is 0 Å². The molecule has 1 N–H and O–H groups in total. The van der Waals surface area contributed by atoms with Gasteiger partial charge >= 0.3 is 6.18 Å². The Morgan fingerprint density at radius 3 is 2.43 bits per heavy atom. The van der Waals surface area contributed by atoms with Crippen molar-refractivity contribution in [3.05, 3.63) is 101 Å². The van der Waals surface area contributed by atoms with Crippen LogP contribution in [0.3, 0.4) is 0 Å². The van der Waals surface area contributed by atoms with Gasteiger partial charge in [0.05, 0.1) is 11.3 Å². The number of aryl methyl sites for hydroxylation is 1. The Kier molecular flexibility index (Phi) is 4.13. The molecule has 0 saturated heterocycles. The molecule has 2 nitrogen and oxygen atoms in total. The molecule has 1 aromatic heterocycles. The van der Waals surface area contributed by atoms with E-state index < -0.39 is 11.7 Å². The van der Waals surface area contributed by atoms with Crippen molar-refractivity contribution in [3.8, 4) is 0 Å². The van der Waals surface area contributed by atoms with Gasteiger partial charge in [-0.2, -0.15) is 13.2 Å². The number of nitrogens with one attached hydrogen (secondary N) is 1. The average molecular weight is 402 g/mol. The zero-order valence-electron chi connectivity index (χ0n) is 16.1. The first-order valence-corrected chi connectivity index (χ1v) is 9.56. The fraction of sp³-hybridized carbons (Fsp3) is 0.0800. The van der Waals surface area contributed by atoms with Crippen LogP contribution in [0.2, 0.25) is 0 Å². The molecule has 0 bridgehead atoms. The Morgan fingerprint density at radius 1 is 0.900 bits per heavy atom. The molecule has 1 aliphatic rings. The van der Waals surface area contributed by atoms with E-state index in [4.69, 9.17) is 0 Å². The van der Waals surface area contributed by atoms with Crippen molar-refractivity contribution in [3.63, 3.8) is 0 Å². The van der Waals surface area contributed by atoms with Gasteiger partial charge in [-0.3, -0.25) is 4.99 Å². The highest BCUT2D eigenvalue weighted by molar-refractivity contribution is 6.28. The van der Waals surface area contributed by atoms with Crippen molar-refractivity contribution in [1.82, 2.24) is 4.98 Å². The number of aromatic nitrogens is 1. The zero-order valence-corrected chi connectivity index (χ0v) is 16.1. The lowest BCUT2D eigenvalue weighted by molar-refractivity contribution is -0.137. The lowest BCUT2D eigenvalue weighted by Gasteiger charge is -2.14. The number of aliphatic imine (C=N–C) groups is 1. The molecule has 0 amide bonds. The van der Waals surface area contributed by atoms with Gasteiger partial charge in [0.15, 0.2) is 0 Å². The number of nitrogens with zero attached hydrogens (tertiary/aromatic N) is 1. The summed E-state index contributed by atoms with van der Waals surface area (Å²) < 4.78 is 39.3. The number of halogens is 3. The number of aromatic amines is 1. The smallest absolute Gasteiger partial charge is 0.361 e. The van der Waals surface area contributed by atoms with Gasteiger partial charge in [-0.15, -0.1) is 0 Å². The van der Waals surface area contributed by atoms with Gasteiger partial charge in [-0.25, -0.2) is 0 Å². The standard InChI is InChI=1S/C25H17F3N2/c1-15-5-4-7-19-21(14-30-24(15)19)23(16-9-11-17(12-10-16)25(26,27)28)20-13-29-22-8-3-2-6-18(20)22/h2-14,29H,1H3/b23-21+. The second-order valence-corrected chi connectivity index (χ2v) is 7.34. The molecule has 0 aliphatic carbocycles. The molecule has 0 spiro atoms. The fourth-order valence-corrected chi connectivity index (χ4v) is 4.01. The summed E-state index contributed by atoms with van der Waals surface area (Å²) in [5.41, 5.74) is 6.65. The van der Waals surface area contributed by atoms with Gasteiger partial charge in [-0.05, 0) is 36.2 Å². The van der Waals surface area contributed by atoms with E-state index in [0.717, 1.165) is 56.6 Å². The van der Waals surface area contributed by atoms with Crippen LogP contribution in [0.5, 0.6) is 0 Å². The maximum Gasteiger partial charge on any atom is 0.416 e. The molecular formula is C25H17F3N2. The maximum atomic E-state index is 13.1. The molecule has 1 aliphatic heterocycles. The minimum Gasteiger partial charge on any atom is -0.361 e. The first-order chi connectivity index (χ1) is 14.4. The summed E-state index contributed by atoms with van der Waals surface area (Å²) >= 11 is 0. The Balaban J connectivity index is 1.79. The van der Waals surface area contributed by atoms with Crippen LogP contribution in [0.25, 0.3) is 22.0 Å². The zero-order chi connectivity index (χ0) is 20.9. The minimum atomic E-state index is -4.37. The number of fused-ring (bicyclic) bond motifs is 2. The molecule has 148 valence electrons. The fourth-order valence-electron chi connectivity index (χ4n) is 4.01. The summed E-state index contributed by atoms with van der Waals surface area (Å²) in [4.78, 5) is 7.87. The topological polar surface area (TPSA) is 28.1 Å². The second-order valence-electron chi connectivity index (χ2n) is 7.34. The molecule has 5 heteroatoms. The summed E-state index contributed by atoms with van der Waals surface area (Å²) in [5.74, 6) is 0. The van der Waals surface area contributed by atoms with Crippen LogP contribution < -0.4 is 0 Å². The molecule has 0 radical (unpaired) electrons. The highest BCUT2D eigenvalue weighted by Crippen LogP contribution is 2.42. The molecule has 5 rings (SSSR count). The van der Waals surface area contributed by atoms with Crippen LogP contribution in [0, 0.1) is 6.92 Å². The van der Waals surface area contributed by atoms with E-state index in [2.05, 4.69) is 9.98 Å². The lowest BCUT2D eigenvalue weighted by Crippen LogP contribution is -2.04. The predicted octanol–water partition coefficient (Wildman–Crippen LogP) is 7.17. The van der Waals surface area contributed by atoms with Gasteiger partial charge in [0.1, 0.15) is 0 Å². The summed E-state index contributed by atoms with van der Waals surface area (Å²) in [7, 11) is 0. The van der Waals surface area contributed by atoms with Crippen molar-refractivity contribution < 1.29 is 13.2 Å². The third-order valence-electron chi connectivity index (χ3n) is 5.48. The van der Waals surface area contributed by atoms with E-state index in [-0.39, 0.29) is 0 Å². The summed E-state index contributed by atoms with van der Waals surface area (Å²) in [6.45, 7) is 2.00. The molecule has 3 aromatic carbocycles. The third-order valence-corrected chi connectivity index (χ3v) is 5.48. The first-order valence-electron chi connectivity index (χ1n) is 9.56. The predicted molar refractivity (Wildman–Crippen MR) is 115 cm³/mol. The van der Waals surface area contributed by atoms with Crippen LogP contribution >= 0.6 is 0 Å². The minimum absolute atomic E-state index is 0.661. The highest BCUT2D eigenvalue weighted by Gasteiger charge is 2.30. The monoisotopic (exact) mass is 402 g/mol. The van der Waals surface area contributed by atoms with E-state index in [1.54, 1.807) is 0 Å². The van der Waals surface area contributed by atoms with E-state index in [1.807, 2.05) is 61.8 Å². The third kappa shape index (κ3) is 2.94. The van der Waals surface area contributed by atoms with Crippen LogP contribution in [0.15, 0.2) is 77.9 Å². The SMILES string of the molecule is Cc1cccc2c1N=C/C2=C(/c1ccc(C(F)(F)F)cc1)c1c[nH]c2ccccc12. The van der Waals surface area contributed by atoms with Crippen LogP contribution in [0.4, 0.5) is 18.9 Å². The molecule has 0 saturated carbocycles. The number of para-hydroxylation sites is 2. The van der Waals surface area contributed by atoms with Crippen LogP contribution in [-0.2, 0) is 6.18 Å². The summed E-state index contributed by atoms with van der Waals surface area (Å²) in [6.07, 6.45) is -0.649. The number of rotatable bonds is 2. The molecule has 2 heterocycles. The second kappa shape index (κ2) is 6.73. The normalized spacial score (nSPS) is 14.9. The van der Waals surface area contributed by atoms with Gasteiger partial charge in [0, 0.05) is 45.6 Å². The molecule has 0 fully saturated rings. The van der Waals surface area contributed by atoms with Gasteiger partial charge in [-0.1, -0.05) is 48.5 Å². The number of hydrogen-bond donors (Lipinski definition) is 1. The Bertz CT molecular complexity index is 1320. The van der Waals surface area contributed by atoms with Crippen molar-refractivity contribution in [2.75, 3.05) is 0 Å². The number of benzene rings is 3. The maximum absolute atomic E-state index is 13.1. The summed E-state index contributed by atoms with van der Waals surface area (Å²) in [5, 5.41) is 1.01. The number of hydrogen-bond acceptors (Lipinski definition) is 1. The van der Waals surface area contributed by atoms with Crippen LogP contribution in [-0.4, -0.2) is 11.2 Å². The molecule has 4 aromatic rings. The number of allylic oxidation sites excluding steroid dienone is 1. The number of alkyl halides is 3. The van der Waals surface area contributed by atoms with E-state index in [0.29, 0.717) is 5.56 Å². The Hall–Kier alpha value is -3.60. The Labute approximate surface area is 171 Å². The van der Waals surface area contributed by atoms with E-state index >= 15 is 0 Å². The average Bonchev–Trinajstić information content (AvgIpc) is 3.34. The van der Waals surface area contributed by atoms with Gasteiger partial charge < -0.3 is 4.98 Å². The van der Waals surface area contributed by atoms with Gasteiger partial charge in [0.25, 0.3) is 0 Å². The molecule has 0 atom stereocenters. The Morgan fingerprint density at radius 2 is 1.67 bits per heavy atom. The van der Waals surface area contributed by atoms with Crippen molar-refractivity contribution >= 4 is 34.0 Å². The molecular weight excluding hydrogens is 385 g/mol. The lowest BCUT2D eigenvalue weighted by atomic mass is 9.89. The largest absolute Gasteiger partial charge is 0.416 e. The van der Waals surface area contributed by atoms with Crippen molar-refractivity contribution in [2.45, 2.75) is 13.1 Å². The highest BCUT2D eigenvalue weighted by atomic mass is 19.4. The van der Waals surface area contributed by atoms with E-state index in [9.17, 15) is 13.2 Å². The van der Waals surface area contributed by atoms with Crippen molar-refractivity contribution in [2.24, 2.45) is 4.99 Å². The molecule has 0 unspecified atom stereocenters. The number of H-pyrrole nitrogens is 1. The molecule has 30 heavy (non-hydrogen) atoms.